The van der Waals surface area contributed by atoms with E-state index in [9.17, 15) is 4.79 Å². The molecule has 7 heteroatoms. The van der Waals surface area contributed by atoms with Crippen LogP contribution in [0.4, 0.5) is 0 Å². The van der Waals surface area contributed by atoms with Crippen molar-refractivity contribution in [3.05, 3.63) is 47.8 Å². The van der Waals surface area contributed by atoms with Crippen LogP contribution in [0.25, 0.3) is 10.9 Å². The molecular formula is C17H18N4O3. The molecule has 3 heterocycles. The van der Waals surface area contributed by atoms with Crippen molar-refractivity contribution in [3.8, 4) is 0 Å². The maximum absolute atomic E-state index is 13.0. The van der Waals surface area contributed by atoms with Crippen molar-refractivity contribution in [2.75, 3.05) is 19.7 Å². The van der Waals surface area contributed by atoms with Crippen LogP contribution in [0.2, 0.25) is 0 Å². The third-order valence-corrected chi connectivity index (χ3v) is 4.33. The lowest BCUT2D eigenvalue weighted by atomic mass is 10.1. The molecule has 0 aliphatic carbocycles. The Kier molecular flexibility index (Phi) is 3.57. The summed E-state index contributed by atoms with van der Waals surface area (Å²) < 4.78 is 13.1. The summed E-state index contributed by atoms with van der Waals surface area (Å²) in [4.78, 5) is 14.8. The Bertz CT molecular complexity index is 898. The molecule has 0 spiro atoms. The lowest BCUT2D eigenvalue weighted by Crippen LogP contribution is -2.42. The van der Waals surface area contributed by atoms with Crippen molar-refractivity contribution >= 4 is 16.8 Å². The lowest BCUT2D eigenvalue weighted by Gasteiger charge is -2.31. The highest BCUT2D eigenvalue weighted by Crippen LogP contribution is 2.25. The normalized spacial score (nSPS) is 18.2. The zero-order valence-corrected chi connectivity index (χ0v) is 13.6. The number of benzene rings is 1. The fraction of sp³-hybridized carbons (Fsp3) is 0.353. The van der Waals surface area contributed by atoms with Gasteiger partial charge in [-0.05, 0) is 18.2 Å². The third kappa shape index (κ3) is 2.46. The number of ether oxygens (including phenoxy) is 1. The first kappa shape index (κ1) is 14.9. The summed E-state index contributed by atoms with van der Waals surface area (Å²) in [6.07, 6.45) is 1.59. The van der Waals surface area contributed by atoms with Gasteiger partial charge in [0.25, 0.3) is 5.91 Å². The highest BCUT2D eigenvalue weighted by atomic mass is 16.5. The number of hydrogen-bond donors (Lipinski definition) is 0. The summed E-state index contributed by atoms with van der Waals surface area (Å²) in [7, 11) is 1.97. The van der Waals surface area contributed by atoms with Gasteiger partial charge in [0, 0.05) is 43.2 Å². The van der Waals surface area contributed by atoms with Crippen LogP contribution in [-0.2, 0) is 11.8 Å². The minimum atomic E-state index is -0.376. The average Bonchev–Trinajstić information content (AvgIpc) is 3.21. The SMILES string of the molecule is Cc1nnc([C@H]2CN(C(=O)c3cccc4c3ccn4C)CCO2)o1. The molecule has 0 unspecified atom stereocenters. The van der Waals surface area contributed by atoms with Crippen molar-refractivity contribution in [2.24, 2.45) is 7.05 Å². The Morgan fingerprint density at radius 2 is 2.17 bits per heavy atom. The second-order valence-electron chi connectivity index (χ2n) is 5.93. The smallest absolute Gasteiger partial charge is 0.254 e. The highest BCUT2D eigenvalue weighted by Gasteiger charge is 2.30. The molecule has 0 bridgehead atoms. The van der Waals surface area contributed by atoms with E-state index in [1.165, 1.54) is 0 Å². The van der Waals surface area contributed by atoms with Crippen LogP contribution in [0.5, 0.6) is 0 Å². The number of rotatable bonds is 2. The van der Waals surface area contributed by atoms with Crippen LogP contribution in [0.3, 0.4) is 0 Å². The number of aromatic nitrogens is 3. The van der Waals surface area contributed by atoms with Crippen molar-refractivity contribution in [1.29, 1.82) is 0 Å². The molecule has 0 radical (unpaired) electrons. The number of morpholine rings is 1. The van der Waals surface area contributed by atoms with Gasteiger partial charge < -0.3 is 18.6 Å². The quantitative estimate of drug-likeness (QED) is 0.721. The van der Waals surface area contributed by atoms with E-state index in [-0.39, 0.29) is 12.0 Å². The van der Waals surface area contributed by atoms with Crippen molar-refractivity contribution in [2.45, 2.75) is 13.0 Å². The van der Waals surface area contributed by atoms with Crippen molar-refractivity contribution < 1.29 is 13.9 Å². The summed E-state index contributed by atoms with van der Waals surface area (Å²) in [5, 5.41) is 8.80. The summed E-state index contributed by atoms with van der Waals surface area (Å²) in [5.41, 5.74) is 1.74. The van der Waals surface area contributed by atoms with Gasteiger partial charge >= 0.3 is 0 Å². The molecule has 1 aromatic carbocycles. The molecule has 3 aromatic rings. The summed E-state index contributed by atoms with van der Waals surface area (Å²) in [6.45, 7) is 3.14. The fourth-order valence-electron chi connectivity index (χ4n) is 3.08. The molecule has 124 valence electrons. The summed E-state index contributed by atoms with van der Waals surface area (Å²) in [5.74, 6) is 0.908. The van der Waals surface area contributed by atoms with E-state index >= 15 is 0 Å². The molecule has 2 aromatic heterocycles. The minimum absolute atomic E-state index is 0.00339. The van der Waals surface area contributed by atoms with E-state index in [2.05, 4.69) is 10.2 Å². The summed E-state index contributed by atoms with van der Waals surface area (Å²) in [6, 6.07) is 7.76. The Balaban J connectivity index is 1.61. The average molecular weight is 326 g/mol. The van der Waals surface area contributed by atoms with Crippen LogP contribution in [-0.4, -0.2) is 45.3 Å². The maximum atomic E-state index is 13.0. The third-order valence-electron chi connectivity index (χ3n) is 4.33. The largest absolute Gasteiger partial charge is 0.423 e. The van der Waals surface area contributed by atoms with Gasteiger partial charge in [-0.1, -0.05) is 6.07 Å². The minimum Gasteiger partial charge on any atom is -0.423 e. The molecule has 1 fully saturated rings. The number of fused-ring (bicyclic) bond motifs is 1. The number of carbonyl (C=O) groups is 1. The van der Waals surface area contributed by atoms with Gasteiger partial charge in [0.05, 0.1) is 13.2 Å². The van der Waals surface area contributed by atoms with Gasteiger partial charge in [-0.15, -0.1) is 10.2 Å². The first-order valence-electron chi connectivity index (χ1n) is 7.88. The van der Waals surface area contributed by atoms with E-state index in [1.54, 1.807) is 11.8 Å². The monoisotopic (exact) mass is 326 g/mol. The fourth-order valence-corrected chi connectivity index (χ4v) is 3.08. The van der Waals surface area contributed by atoms with Crippen molar-refractivity contribution in [1.82, 2.24) is 19.7 Å². The number of nitrogens with zero attached hydrogens (tertiary/aromatic N) is 4. The molecule has 1 atom stereocenters. The Morgan fingerprint density at radius 1 is 1.29 bits per heavy atom. The predicted octanol–water partition coefficient (Wildman–Crippen LogP) is 2.08. The zero-order chi connectivity index (χ0) is 16.7. The number of amides is 1. The molecule has 0 N–H and O–H groups in total. The van der Waals surface area contributed by atoms with E-state index in [1.807, 2.05) is 42.1 Å². The number of carbonyl (C=O) groups excluding carboxylic acids is 1. The second-order valence-corrected chi connectivity index (χ2v) is 5.93. The molecule has 4 rings (SSSR count). The van der Waals surface area contributed by atoms with Crippen molar-refractivity contribution in [3.63, 3.8) is 0 Å². The molecule has 24 heavy (non-hydrogen) atoms. The number of hydrogen-bond acceptors (Lipinski definition) is 5. The molecule has 0 saturated carbocycles. The van der Waals surface area contributed by atoms with E-state index < -0.39 is 0 Å². The number of aryl methyl sites for hydroxylation is 2. The first-order valence-corrected chi connectivity index (χ1v) is 7.88. The molecule has 1 aliphatic rings. The van der Waals surface area contributed by atoms with E-state index in [0.29, 0.717) is 37.0 Å². The Labute approximate surface area is 138 Å². The van der Waals surface area contributed by atoms with E-state index in [0.717, 1.165) is 10.9 Å². The van der Waals surface area contributed by atoms with Gasteiger partial charge in [0.1, 0.15) is 0 Å². The van der Waals surface area contributed by atoms with Gasteiger partial charge in [-0.2, -0.15) is 0 Å². The van der Waals surface area contributed by atoms with Gasteiger partial charge in [-0.25, -0.2) is 0 Å². The van der Waals surface area contributed by atoms with E-state index in [4.69, 9.17) is 9.15 Å². The topological polar surface area (TPSA) is 73.4 Å². The summed E-state index contributed by atoms with van der Waals surface area (Å²) >= 11 is 0. The van der Waals surface area contributed by atoms with Gasteiger partial charge in [0.15, 0.2) is 6.10 Å². The first-order chi connectivity index (χ1) is 11.6. The Hall–Kier alpha value is -2.67. The molecular weight excluding hydrogens is 308 g/mol. The predicted molar refractivity (Wildman–Crippen MR) is 86.6 cm³/mol. The zero-order valence-electron chi connectivity index (χ0n) is 13.6. The molecule has 1 saturated heterocycles. The van der Waals surface area contributed by atoms with Gasteiger partial charge in [0.2, 0.25) is 11.8 Å². The standard InChI is InChI=1S/C17H18N4O3/c1-11-18-19-16(24-11)15-10-21(8-9-23-15)17(22)13-4-3-5-14-12(13)6-7-20(14)2/h3-7,15H,8-10H2,1-2H3/t15-/m1/s1. The molecule has 1 aliphatic heterocycles. The maximum Gasteiger partial charge on any atom is 0.254 e. The van der Waals surface area contributed by atoms with Crippen LogP contribution in [0.15, 0.2) is 34.9 Å². The highest BCUT2D eigenvalue weighted by molar-refractivity contribution is 6.06. The van der Waals surface area contributed by atoms with Crippen LogP contribution >= 0.6 is 0 Å². The van der Waals surface area contributed by atoms with Gasteiger partial charge in [-0.3, -0.25) is 4.79 Å². The Morgan fingerprint density at radius 3 is 2.96 bits per heavy atom. The lowest BCUT2D eigenvalue weighted by molar-refractivity contribution is -0.0348. The molecule has 1 amide bonds. The second kappa shape index (κ2) is 5.76. The van der Waals surface area contributed by atoms with Crippen LogP contribution < -0.4 is 0 Å². The van der Waals surface area contributed by atoms with Crippen LogP contribution in [0.1, 0.15) is 28.2 Å². The van der Waals surface area contributed by atoms with Crippen LogP contribution in [0, 0.1) is 6.92 Å². The molecule has 7 nitrogen and oxygen atoms in total.